The molecule has 3 N–H and O–H groups in total. The van der Waals surface area contributed by atoms with Gasteiger partial charge in [-0.05, 0) is 12.1 Å². The van der Waals surface area contributed by atoms with Crippen LogP contribution in [-0.4, -0.2) is 17.4 Å². The molecule has 0 saturated carbocycles. The van der Waals surface area contributed by atoms with Crippen LogP contribution in [0.1, 0.15) is 0 Å². The normalized spacial score (nSPS) is 12.6. The van der Waals surface area contributed by atoms with E-state index in [1.165, 1.54) is 25.3 Å². The summed E-state index contributed by atoms with van der Waals surface area (Å²) in [6, 6.07) is 4.33. The van der Waals surface area contributed by atoms with Crippen molar-refractivity contribution in [3.8, 4) is 11.5 Å². The number of nitrogens with one attached hydrogen (secondary N) is 1. The van der Waals surface area contributed by atoms with E-state index in [1.54, 1.807) is 0 Å². The third-order valence-corrected chi connectivity index (χ3v) is 2.30. The van der Waals surface area contributed by atoms with E-state index in [9.17, 15) is 15.1 Å². The number of benzene rings is 1. The zero-order valence-corrected chi connectivity index (χ0v) is 8.76. The fourth-order valence-electron chi connectivity index (χ4n) is 1.48. The summed E-state index contributed by atoms with van der Waals surface area (Å²) in [5.74, 6) is -0.172. The largest absolute Gasteiger partial charge is 0.595 e. The van der Waals surface area contributed by atoms with E-state index in [2.05, 4.69) is 0 Å². The lowest BCUT2D eigenvalue weighted by atomic mass is 10.2. The van der Waals surface area contributed by atoms with Crippen molar-refractivity contribution in [3.63, 3.8) is 0 Å². The van der Waals surface area contributed by atoms with Crippen molar-refractivity contribution in [1.82, 2.24) is 0 Å². The molecule has 0 radical (unpaired) electrons. The van der Waals surface area contributed by atoms with E-state index in [-0.39, 0.29) is 11.0 Å². The third-order valence-electron chi connectivity index (χ3n) is 2.30. The number of quaternary nitrogens is 1. The van der Waals surface area contributed by atoms with Gasteiger partial charge in [0.25, 0.3) is 5.69 Å². The highest BCUT2D eigenvalue weighted by Gasteiger charge is 2.20. The Labute approximate surface area is 94.6 Å². The Morgan fingerprint density at radius 1 is 1.47 bits per heavy atom. The van der Waals surface area contributed by atoms with Gasteiger partial charge in [0.2, 0.25) is 0 Å². The summed E-state index contributed by atoms with van der Waals surface area (Å²) < 4.78 is 9.72. The average molecular weight is 239 g/mol. The van der Waals surface area contributed by atoms with Crippen LogP contribution in [0, 0.1) is 5.21 Å². The van der Waals surface area contributed by atoms with E-state index in [1.807, 2.05) is 0 Å². The maximum atomic E-state index is 11.3. The van der Waals surface area contributed by atoms with Gasteiger partial charge in [-0.2, -0.15) is 5.23 Å². The highest BCUT2D eigenvalue weighted by Crippen LogP contribution is 2.29. The monoisotopic (exact) mass is 239 g/mol. The first-order valence-corrected chi connectivity index (χ1v) is 4.61. The summed E-state index contributed by atoms with van der Waals surface area (Å²) in [6.07, 6.45) is 0. The molecule has 0 amide bonds. The van der Waals surface area contributed by atoms with Crippen molar-refractivity contribution in [3.05, 3.63) is 33.8 Å². The van der Waals surface area contributed by atoms with Crippen molar-refractivity contribution >= 4 is 16.7 Å². The minimum Gasteiger partial charge on any atom is -0.595 e. The summed E-state index contributed by atoms with van der Waals surface area (Å²) in [7, 11) is 1.44. The number of hydrogen-bond acceptors (Lipinski definition) is 6. The Balaban J connectivity index is 2.81. The summed E-state index contributed by atoms with van der Waals surface area (Å²) >= 11 is 0. The Bertz CT molecular complexity index is 618. The zero-order valence-electron chi connectivity index (χ0n) is 8.76. The molecule has 1 heterocycles. The second-order valence-corrected chi connectivity index (χ2v) is 3.28. The number of ether oxygens (including phenoxy) is 1. The first-order valence-electron chi connectivity index (χ1n) is 4.61. The standard InChI is InChI=1S/C10H9NO6/c1-16-5-2-3-6-7(4-5)17-10(13)8(9(6)12)11(14)15/h2-4,11-12,14H,1H3. The zero-order chi connectivity index (χ0) is 12.6. The molecule has 2 aromatic rings. The Hall–Kier alpha value is -2.09. The van der Waals surface area contributed by atoms with Crippen LogP contribution in [0.25, 0.3) is 11.0 Å². The van der Waals surface area contributed by atoms with Gasteiger partial charge in [-0.25, -0.2) is 10.0 Å². The van der Waals surface area contributed by atoms with Gasteiger partial charge in [0.1, 0.15) is 11.3 Å². The lowest BCUT2D eigenvalue weighted by Gasteiger charge is -2.12. The van der Waals surface area contributed by atoms with Crippen LogP contribution in [-0.2, 0) is 0 Å². The van der Waals surface area contributed by atoms with Gasteiger partial charge < -0.3 is 19.5 Å². The summed E-state index contributed by atoms with van der Waals surface area (Å²) in [5, 5.41) is 27.8. The summed E-state index contributed by atoms with van der Waals surface area (Å²) in [5.41, 5.74) is -1.81. The molecule has 7 nitrogen and oxygen atoms in total. The molecule has 1 atom stereocenters. The Morgan fingerprint density at radius 3 is 2.76 bits per heavy atom. The van der Waals surface area contributed by atoms with E-state index in [0.29, 0.717) is 5.75 Å². The Kier molecular flexibility index (Phi) is 2.72. The molecule has 1 aromatic heterocycles. The molecule has 0 fully saturated rings. The molecule has 0 saturated heterocycles. The number of methoxy groups -OCH3 is 1. The fraction of sp³-hybridized carbons (Fsp3) is 0.100. The Morgan fingerprint density at radius 2 is 2.18 bits per heavy atom. The van der Waals surface area contributed by atoms with Gasteiger partial charge in [-0.3, -0.25) is 0 Å². The van der Waals surface area contributed by atoms with Crippen LogP contribution in [0.3, 0.4) is 0 Å². The summed E-state index contributed by atoms with van der Waals surface area (Å²) in [6.45, 7) is 0. The maximum Gasteiger partial charge on any atom is 0.405 e. The third kappa shape index (κ3) is 1.82. The highest BCUT2D eigenvalue weighted by atomic mass is 16.8. The molecule has 90 valence electrons. The van der Waals surface area contributed by atoms with Crippen molar-refractivity contribution in [2.75, 3.05) is 7.11 Å². The van der Waals surface area contributed by atoms with Gasteiger partial charge in [0.15, 0.2) is 5.75 Å². The molecule has 0 aliphatic carbocycles. The van der Waals surface area contributed by atoms with Gasteiger partial charge in [0.05, 0.1) is 12.5 Å². The first kappa shape index (κ1) is 11.4. The maximum absolute atomic E-state index is 11.3. The predicted octanol–water partition coefficient (Wildman–Crippen LogP) is -0.0894. The van der Waals surface area contributed by atoms with E-state index in [4.69, 9.17) is 14.4 Å². The second kappa shape index (κ2) is 4.06. The molecule has 0 spiro atoms. The molecule has 1 unspecified atom stereocenters. The van der Waals surface area contributed by atoms with Crippen LogP contribution in [0.15, 0.2) is 27.4 Å². The van der Waals surface area contributed by atoms with E-state index < -0.39 is 22.3 Å². The van der Waals surface area contributed by atoms with Crippen molar-refractivity contribution in [2.24, 2.45) is 0 Å². The van der Waals surface area contributed by atoms with Crippen LogP contribution < -0.4 is 15.6 Å². The van der Waals surface area contributed by atoms with Crippen molar-refractivity contribution in [1.29, 1.82) is 0 Å². The average Bonchev–Trinajstić information content (AvgIpc) is 2.27. The van der Waals surface area contributed by atoms with Crippen molar-refractivity contribution < 1.29 is 24.7 Å². The molecule has 1 aromatic carbocycles. The van der Waals surface area contributed by atoms with Crippen LogP contribution in [0.2, 0.25) is 0 Å². The first-order chi connectivity index (χ1) is 8.04. The molecular weight excluding hydrogens is 230 g/mol. The fourth-order valence-corrected chi connectivity index (χ4v) is 1.48. The topological polar surface area (TPSA) is 107 Å². The van der Waals surface area contributed by atoms with Crippen LogP contribution in [0.4, 0.5) is 5.69 Å². The minimum atomic E-state index is -1.53. The lowest BCUT2D eigenvalue weighted by molar-refractivity contribution is -0.992. The summed E-state index contributed by atoms with van der Waals surface area (Å²) in [4.78, 5) is 11.3. The van der Waals surface area contributed by atoms with Gasteiger partial charge in [-0.1, -0.05) is 0 Å². The van der Waals surface area contributed by atoms with Gasteiger partial charge in [0, 0.05) is 6.07 Å². The number of hydrogen-bond donors (Lipinski definition) is 3. The molecule has 0 aliphatic heterocycles. The molecule has 2 rings (SSSR count). The van der Waals surface area contributed by atoms with E-state index >= 15 is 0 Å². The quantitative estimate of drug-likeness (QED) is 0.499. The lowest BCUT2D eigenvalue weighted by Crippen LogP contribution is -3.00. The van der Waals surface area contributed by atoms with Crippen molar-refractivity contribution in [2.45, 2.75) is 0 Å². The number of aromatic hydroxyl groups is 1. The minimum absolute atomic E-state index is 0.0665. The van der Waals surface area contributed by atoms with Gasteiger partial charge in [-0.15, -0.1) is 0 Å². The number of fused-ring (bicyclic) bond motifs is 1. The van der Waals surface area contributed by atoms with E-state index in [0.717, 1.165) is 0 Å². The molecule has 0 bridgehead atoms. The molecule has 0 aliphatic rings. The van der Waals surface area contributed by atoms with Crippen LogP contribution >= 0.6 is 0 Å². The molecule has 7 heteroatoms. The predicted molar refractivity (Wildman–Crippen MR) is 56.5 cm³/mol. The second-order valence-electron chi connectivity index (χ2n) is 3.28. The smallest absolute Gasteiger partial charge is 0.405 e. The van der Waals surface area contributed by atoms with Gasteiger partial charge >= 0.3 is 5.63 Å². The number of rotatable bonds is 2. The van der Waals surface area contributed by atoms with Crippen LogP contribution in [0.5, 0.6) is 11.5 Å². The highest BCUT2D eigenvalue weighted by molar-refractivity contribution is 5.87. The molecule has 17 heavy (non-hydrogen) atoms. The molecular formula is C10H9NO6. The SMILES string of the molecule is COc1ccc2c(O)c([NH+]([O-])O)c(=O)oc2c1.